The zero-order valence-corrected chi connectivity index (χ0v) is 14.5. The largest absolute Gasteiger partial charge is 0.356 e. The number of hydrogen-bond acceptors (Lipinski definition) is 3. The molecule has 0 bridgehead atoms. The molecule has 3 rings (SSSR count). The first-order chi connectivity index (χ1) is 12.1. The quantitative estimate of drug-likeness (QED) is 0.838. The van der Waals surface area contributed by atoms with Crippen LogP contribution in [0.1, 0.15) is 30.9 Å². The second kappa shape index (κ2) is 7.96. The molecule has 2 atom stereocenters. The average molecular weight is 340 g/mol. The van der Waals surface area contributed by atoms with Gasteiger partial charge >= 0.3 is 0 Å². The Kier molecular flexibility index (Phi) is 5.48. The van der Waals surface area contributed by atoms with Gasteiger partial charge in [-0.1, -0.05) is 30.3 Å². The van der Waals surface area contributed by atoms with E-state index in [1.165, 1.54) is 0 Å². The van der Waals surface area contributed by atoms with Gasteiger partial charge in [-0.25, -0.2) is 0 Å². The number of aryl methyl sites for hydroxylation is 1. The molecule has 2 unspecified atom stereocenters. The lowest BCUT2D eigenvalue weighted by molar-refractivity contribution is -0.127. The van der Waals surface area contributed by atoms with E-state index in [1.807, 2.05) is 54.3 Å². The van der Waals surface area contributed by atoms with Crippen LogP contribution >= 0.6 is 0 Å². The average Bonchev–Trinajstić information content (AvgIpc) is 3.23. The van der Waals surface area contributed by atoms with Crippen LogP contribution in [0.5, 0.6) is 0 Å². The molecule has 2 aromatic rings. The molecular weight excluding hydrogens is 316 g/mol. The first-order valence-electron chi connectivity index (χ1n) is 8.70. The number of rotatable bonds is 7. The summed E-state index contributed by atoms with van der Waals surface area (Å²) in [5.41, 5.74) is 1.12. The van der Waals surface area contributed by atoms with E-state index in [1.54, 1.807) is 11.1 Å². The lowest BCUT2D eigenvalue weighted by atomic mass is 9.93. The molecule has 0 saturated carbocycles. The third-order valence-electron chi connectivity index (χ3n) is 4.75. The summed E-state index contributed by atoms with van der Waals surface area (Å²) < 4.78 is 1.82. The van der Waals surface area contributed by atoms with Crippen molar-refractivity contribution in [2.45, 2.75) is 31.8 Å². The van der Waals surface area contributed by atoms with Gasteiger partial charge in [0, 0.05) is 51.3 Å². The molecule has 6 heteroatoms. The molecular formula is C19H24N4O2. The molecule has 0 spiro atoms. The van der Waals surface area contributed by atoms with Crippen molar-refractivity contribution in [2.75, 3.05) is 13.6 Å². The van der Waals surface area contributed by atoms with Crippen molar-refractivity contribution in [3.8, 4) is 0 Å². The highest BCUT2D eigenvalue weighted by Crippen LogP contribution is 2.36. The molecule has 6 nitrogen and oxygen atoms in total. The predicted molar refractivity (Wildman–Crippen MR) is 94.5 cm³/mol. The summed E-state index contributed by atoms with van der Waals surface area (Å²) in [7, 11) is 1.84. The molecule has 1 saturated heterocycles. The second-order valence-corrected chi connectivity index (χ2v) is 6.50. The fourth-order valence-electron chi connectivity index (χ4n) is 3.45. The number of nitrogens with zero attached hydrogens (tertiary/aromatic N) is 3. The molecule has 1 aliphatic heterocycles. The number of likely N-dealkylation sites (tertiary alicyclic amines) is 1. The Morgan fingerprint density at radius 2 is 2.08 bits per heavy atom. The second-order valence-electron chi connectivity index (χ2n) is 6.50. The molecule has 0 aliphatic carbocycles. The third-order valence-corrected chi connectivity index (χ3v) is 4.75. The van der Waals surface area contributed by atoms with Gasteiger partial charge in [0.1, 0.15) is 0 Å². The highest BCUT2D eigenvalue weighted by Gasteiger charge is 2.38. The molecule has 2 amide bonds. The van der Waals surface area contributed by atoms with Gasteiger partial charge in [-0.2, -0.15) is 5.10 Å². The smallest absolute Gasteiger partial charge is 0.223 e. The Hall–Kier alpha value is -2.63. The molecule has 2 heterocycles. The number of benzene rings is 1. The minimum atomic E-state index is 0.0260. The first kappa shape index (κ1) is 17.2. The van der Waals surface area contributed by atoms with Gasteiger partial charge in [0.15, 0.2) is 0 Å². The first-order valence-corrected chi connectivity index (χ1v) is 8.70. The lowest BCUT2D eigenvalue weighted by Gasteiger charge is -2.25. The minimum Gasteiger partial charge on any atom is -0.356 e. The summed E-state index contributed by atoms with van der Waals surface area (Å²) in [5.74, 6) is 0.266. The summed E-state index contributed by atoms with van der Waals surface area (Å²) in [6, 6.07) is 11.9. The molecule has 1 fully saturated rings. The number of aromatic nitrogens is 2. The summed E-state index contributed by atoms with van der Waals surface area (Å²) in [4.78, 5) is 26.0. The molecule has 1 aromatic heterocycles. The van der Waals surface area contributed by atoms with Gasteiger partial charge in [0.05, 0.1) is 6.04 Å². The maximum Gasteiger partial charge on any atom is 0.223 e. The van der Waals surface area contributed by atoms with Gasteiger partial charge in [0.25, 0.3) is 0 Å². The summed E-state index contributed by atoms with van der Waals surface area (Å²) in [6.07, 6.45) is 5.31. The Bertz CT molecular complexity index is 699. The van der Waals surface area contributed by atoms with Crippen LogP contribution in [0.25, 0.3) is 0 Å². The van der Waals surface area contributed by atoms with E-state index in [-0.39, 0.29) is 23.8 Å². The summed E-state index contributed by atoms with van der Waals surface area (Å²) in [5, 5.41) is 7.12. The van der Waals surface area contributed by atoms with E-state index in [0.29, 0.717) is 19.4 Å². The van der Waals surface area contributed by atoms with Gasteiger partial charge in [0.2, 0.25) is 11.8 Å². The zero-order valence-electron chi connectivity index (χ0n) is 14.5. The van der Waals surface area contributed by atoms with Crippen LogP contribution in [0, 0.1) is 5.92 Å². The van der Waals surface area contributed by atoms with E-state index < -0.39 is 0 Å². The third kappa shape index (κ3) is 4.26. The van der Waals surface area contributed by atoms with Crippen LogP contribution in [0.4, 0.5) is 0 Å². The maximum absolute atomic E-state index is 12.1. The van der Waals surface area contributed by atoms with E-state index in [4.69, 9.17) is 0 Å². The molecule has 132 valence electrons. The van der Waals surface area contributed by atoms with Gasteiger partial charge in [-0.05, 0) is 18.1 Å². The van der Waals surface area contributed by atoms with Crippen LogP contribution in [-0.2, 0) is 16.1 Å². The van der Waals surface area contributed by atoms with E-state index in [2.05, 4.69) is 10.4 Å². The standard InChI is InChI=1S/C19H24N4O2/c1-22-18(25)13-16(19(22)15-7-3-2-4-8-15)14-20-17(24)9-5-11-23-12-6-10-21-23/h2-4,6-8,10,12,16,19H,5,9,11,13-14H2,1H3,(H,20,24). The Morgan fingerprint density at radius 3 is 2.80 bits per heavy atom. The number of amides is 2. The highest BCUT2D eigenvalue weighted by molar-refractivity contribution is 5.80. The topological polar surface area (TPSA) is 67.2 Å². The maximum atomic E-state index is 12.1. The Balaban J connectivity index is 1.50. The molecule has 0 radical (unpaired) electrons. The molecule has 25 heavy (non-hydrogen) atoms. The summed E-state index contributed by atoms with van der Waals surface area (Å²) >= 11 is 0. The van der Waals surface area contributed by atoms with Crippen molar-refractivity contribution in [2.24, 2.45) is 5.92 Å². The van der Waals surface area contributed by atoms with Crippen molar-refractivity contribution >= 4 is 11.8 Å². The number of nitrogens with one attached hydrogen (secondary N) is 1. The predicted octanol–water partition coefficient (Wildman–Crippen LogP) is 2.00. The van der Waals surface area contributed by atoms with Crippen molar-refractivity contribution in [1.82, 2.24) is 20.0 Å². The monoisotopic (exact) mass is 340 g/mol. The number of hydrogen-bond donors (Lipinski definition) is 1. The van der Waals surface area contributed by atoms with E-state index >= 15 is 0 Å². The Morgan fingerprint density at radius 1 is 1.28 bits per heavy atom. The molecule has 1 aliphatic rings. The zero-order chi connectivity index (χ0) is 17.6. The van der Waals surface area contributed by atoms with Gasteiger partial charge < -0.3 is 10.2 Å². The van der Waals surface area contributed by atoms with Crippen molar-refractivity contribution < 1.29 is 9.59 Å². The van der Waals surface area contributed by atoms with Crippen molar-refractivity contribution in [1.29, 1.82) is 0 Å². The fourth-order valence-corrected chi connectivity index (χ4v) is 3.45. The highest BCUT2D eigenvalue weighted by atomic mass is 16.2. The number of carbonyl (C=O) groups excluding carboxylic acids is 2. The normalized spacial score (nSPS) is 20.0. The van der Waals surface area contributed by atoms with Gasteiger partial charge in [-0.15, -0.1) is 0 Å². The molecule has 1 N–H and O–H groups in total. The minimum absolute atomic E-state index is 0.0260. The van der Waals surface area contributed by atoms with Crippen LogP contribution in [0.3, 0.4) is 0 Å². The van der Waals surface area contributed by atoms with Gasteiger partial charge in [-0.3, -0.25) is 14.3 Å². The Labute approximate surface area is 147 Å². The van der Waals surface area contributed by atoms with Crippen LogP contribution < -0.4 is 5.32 Å². The lowest BCUT2D eigenvalue weighted by Crippen LogP contribution is -2.32. The van der Waals surface area contributed by atoms with Crippen LogP contribution in [0.15, 0.2) is 48.8 Å². The molecule has 1 aromatic carbocycles. The number of carbonyl (C=O) groups is 2. The van der Waals surface area contributed by atoms with E-state index in [9.17, 15) is 9.59 Å². The van der Waals surface area contributed by atoms with Crippen LogP contribution in [0.2, 0.25) is 0 Å². The SMILES string of the molecule is CN1C(=O)CC(CNC(=O)CCCn2cccn2)C1c1ccccc1. The summed E-state index contributed by atoms with van der Waals surface area (Å²) in [6.45, 7) is 1.26. The van der Waals surface area contributed by atoms with Crippen molar-refractivity contribution in [3.63, 3.8) is 0 Å². The van der Waals surface area contributed by atoms with E-state index in [0.717, 1.165) is 18.5 Å². The fraction of sp³-hybridized carbons (Fsp3) is 0.421. The van der Waals surface area contributed by atoms with Crippen LogP contribution in [-0.4, -0.2) is 40.1 Å². The van der Waals surface area contributed by atoms with Crippen molar-refractivity contribution in [3.05, 3.63) is 54.4 Å².